The first-order valence-electron chi connectivity index (χ1n) is 5.19. The fourth-order valence-electron chi connectivity index (χ4n) is 1.73. The molecule has 0 aliphatic heterocycles. The molecule has 6 heteroatoms. The van der Waals surface area contributed by atoms with Crippen LogP contribution in [0.5, 0.6) is 5.75 Å². The molecule has 0 aliphatic rings. The first-order chi connectivity index (χ1) is 8.67. The summed E-state index contributed by atoms with van der Waals surface area (Å²) < 4.78 is 11.0. The number of furan rings is 1. The number of nitrogens with two attached hydrogens (primary N) is 1. The zero-order chi connectivity index (χ0) is 13.1. The molecular weight excluding hydrogens is 320 g/mol. The molecule has 1 heterocycles. The van der Waals surface area contributed by atoms with E-state index in [9.17, 15) is 0 Å². The summed E-state index contributed by atoms with van der Waals surface area (Å²) in [6, 6.07) is 7.13. The number of hydrogen-bond acceptors (Lipinski definition) is 4. The molecular formula is C12H12BrClN2O2. The van der Waals surface area contributed by atoms with Crippen molar-refractivity contribution in [3.05, 3.63) is 51.3 Å². The highest BCUT2D eigenvalue weighted by Crippen LogP contribution is 2.33. The summed E-state index contributed by atoms with van der Waals surface area (Å²) in [5.74, 6) is 6.21. The van der Waals surface area contributed by atoms with Crippen molar-refractivity contribution < 1.29 is 9.15 Å². The van der Waals surface area contributed by atoms with Crippen molar-refractivity contribution in [3.8, 4) is 5.75 Å². The van der Waals surface area contributed by atoms with Gasteiger partial charge in [0, 0.05) is 5.56 Å². The third kappa shape index (κ3) is 2.54. The van der Waals surface area contributed by atoms with E-state index in [4.69, 9.17) is 26.6 Å². The second-order valence-electron chi connectivity index (χ2n) is 3.64. The number of hydrazine groups is 1. The van der Waals surface area contributed by atoms with Gasteiger partial charge < -0.3 is 9.15 Å². The van der Waals surface area contributed by atoms with E-state index in [1.54, 1.807) is 19.4 Å². The van der Waals surface area contributed by atoms with Crippen LogP contribution >= 0.6 is 27.5 Å². The van der Waals surface area contributed by atoms with Gasteiger partial charge in [0.2, 0.25) is 0 Å². The Morgan fingerprint density at radius 2 is 2.22 bits per heavy atom. The highest BCUT2D eigenvalue weighted by Gasteiger charge is 2.18. The van der Waals surface area contributed by atoms with Crippen molar-refractivity contribution >= 4 is 27.5 Å². The van der Waals surface area contributed by atoms with Crippen molar-refractivity contribution in [2.24, 2.45) is 5.84 Å². The zero-order valence-electron chi connectivity index (χ0n) is 9.61. The van der Waals surface area contributed by atoms with Gasteiger partial charge in [-0.2, -0.15) is 0 Å². The Balaban J connectivity index is 2.42. The van der Waals surface area contributed by atoms with Crippen LogP contribution in [0, 0.1) is 0 Å². The smallest absolute Gasteiger partial charge is 0.174 e. The van der Waals surface area contributed by atoms with E-state index in [2.05, 4.69) is 21.4 Å². The number of benzene rings is 1. The number of nitrogens with one attached hydrogen (secondary N) is 1. The molecule has 2 rings (SSSR count). The number of methoxy groups -OCH3 is 1. The summed E-state index contributed by atoms with van der Waals surface area (Å²) in [5, 5.41) is 0.559. The average Bonchev–Trinajstić information content (AvgIpc) is 2.79. The highest BCUT2D eigenvalue weighted by atomic mass is 79.9. The van der Waals surface area contributed by atoms with Gasteiger partial charge in [-0.3, -0.25) is 5.84 Å². The van der Waals surface area contributed by atoms with E-state index in [0.29, 0.717) is 15.4 Å². The van der Waals surface area contributed by atoms with Crippen molar-refractivity contribution in [3.63, 3.8) is 0 Å². The Morgan fingerprint density at radius 1 is 1.44 bits per heavy atom. The zero-order valence-corrected chi connectivity index (χ0v) is 12.0. The number of halogens is 2. The molecule has 18 heavy (non-hydrogen) atoms. The summed E-state index contributed by atoms with van der Waals surface area (Å²) >= 11 is 9.33. The van der Waals surface area contributed by atoms with Gasteiger partial charge in [0.25, 0.3) is 0 Å². The SMILES string of the molecule is COc1cc(C(NN)c2ccoc2Br)ccc1Cl. The second kappa shape index (κ2) is 5.75. The van der Waals surface area contributed by atoms with Gasteiger partial charge >= 0.3 is 0 Å². The molecule has 1 aromatic heterocycles. The molecule has 0 spiro atoms. The van der Waals surface area contributed by atoms with Gasteiger partial charge in [0.15, 0.2) is 4.67 Å². The average molecular weight is 332 g/mol. The standard InChI is InChI=1S/C12H12BrClN2O2/c1-17-10-6-7(2-3-9(10)14)11(16-15)8-4-5-18-12(8)13/h2-6,11,16H,15H2,1H3. The lowest BCUT2D eigenvalue weighted by Crippen LogP contribution is -2.28. The van der Waals surface area contributed by atoms with Crippen LogP contribution in [0.2, 0.25) is 5.02 Å². The molecule has 1 atom stereocenters. The van der Waals surface area contributed by atoms with Crippen LogP contribution < -0.4 is 16.0 Å². The Labute approximate surface area is 118 Å². The van der Waals surface area contributed by atoms with E-state index in [1.807, 2.05) is 18.2 Å². The molecule has 0 saturated carbocycles. The molecule has 2 aromatic rings. The van der Waals surface area contributed by atoms with Gasteiger partial charge in [-0.05, 0) is 39.7 Å². The van der Waals surface area contributed by atoms with Crippen LogP contribution in [-0.4, -0.2) is 7.11 Å². The van der Waals surface area contributed by atoms with E-state index in [-0.39, 0.29) is 6.04 Å². The molecule has 1 unspecified atom stereocenters. The number of rotatable bonds is 4. The lowest BCUT2D eigenvalue weighted by molar-refractivity contribution is 0.414. The minimum Gasteiger partial charge on any atom is -0.495 e. The maximum Gasteiger partial charge on any atom is 0.174 e. The Kier molecular flexibility index (Phi) is 4.29. The van der Waals surface area contributed by atoms with E-state index in [1.165, 1.54) is 0 Å². The second-order valence-corrected chi connectivity index (χ2v) is 4.77. The molecule has 0 bridgehead atoms. The first kappa shape index (κ1) is 13.4. The first-order valence-corrected chi connectivity index (χ1v) is 6.37. The lowest BCUT2D eigenvalue weighted by atomic mass is 10.0. The van der Waals surface area contributed by atoms with Gasteiger partial charge in [-0.1, -0.05) is 17.7 Å². The third-order valence-corrected chi connectivity index (χ3v) is 3.59. The van der Waals surface area contributed by atoms with Gasteiger partial charge in [-0.15, -0.1) is 0 Å². The molecule has 4 nitrogen and oxygen atoms in total. The van der Waals surface area contributed by atoms with Crippen LogP contribution in [0.4, 0.5) is 0 Å². The Morgan fingerprint density at radius 3 is 2.78 bits per heavy atom. The van der Waals surface area contributed by atoms with Crippen LogP contribution in [-0.2, 0) is 0 Å². The molecule has 96 valence electrons. The van der Waals surface area contributed by atoms with Crippen molar-refractivity contribution in [2.75, 3.05) is 7.11 Å². The normalized spacial score (nSPS) is 12.4. The topological polar surface area (TPSA) is 60.4 Å². The molecule has 0 radical (unpaired) electrons. The largest absolute Gasteiger partial charge is 0.495 e. The number of ether oxygens (including phenoxy) is 1. The summed E-state index contributed by atoms with van der Waals surface area (Å²) in [5.41, 5.74) is 4.58. The summed E-state index contributed by atoms with van der Waals surface area (Å²) in [6.45, 7) is 0. The molecule has 0 amide bonds. The van der Waals surface area contributed by atoms with Crippen LogP contribution in [0.1, 0.15) is 17.2 Å². The monoisotopic (exact) mass is 330 g/mol. The van der Waals surface area contributed by atoms with Gasteiger partial charge in [0.05, 0.1) is 24.4 Å². The molecule has 0 aliphatic carbocycles. The fourth-order valence-corrected chi connectivity index (χ4v) is 2.40. The van der Waals surface area contributed by atoms with Crippen molar-refractivity contribution in [1.29, 1.82) is 0 Å². The summed E-state index contributed by atoms with van der Waals surface area (Å²) in [7, 11) is 1.57. The van der Waals surface area contributed by atoms with Crippen LogP contribution in [0.3, 0.4) is 0 Å². The molecule has 0 fully saturated rings. The number of hydrogen-bond donors (Lipinski definition) is 2. The van der Waals surface area contributed by atoms with E-state index < -0.39 is 0 Å². The molecule has 1 aromatic carbocycles. The molecule has 3 N–H and O–H groups in total. The predicted octanol–water partition coefficient (Wildman–Crippen LogP) is 3.26. The van der Waals surface area contributed by atoms with E-state index in [0.717, 1.165) is 11.1 Å². The summed E-state index contributed by atoms with van der Waals surface area (Å²) in [4.78, 5) is 0. The predicted molar refractivity (Wildman–Crippen MR) is 73.6 cm³/mol. The molecule has 0 saturated heterocycles. The van der Waals surface area contributed by atoms with Crippen LogP contribution in [0.15, 0.2) is 39.6 Å². The maximum absolute atomic E-state index is 6.00. The third-order valence-electron chi connectivity index (χ3n) is 2.63. The summed E-state index contributed by atoms with van der Waals surface area (Å²) in [6.07, 6.45) is 1.59. The minimum atomic E-state index is -0.204. The quantitative estimate of drug-likeness (QED) is 0.667. The van der Waals surface area contributed by atoms with Gasteiger partial charge in [-0.25, -0.2) is 5.43 Å². The van der Waals surface area contributed by atoms with Crippen LogP contribution in [0.25, 0.3) is 0 Å². The van der Waals surface area contributed by atoms with Crippen molar-refractivity contribution in [2.45, 2.75) is 6.04 Å². The Hall–Kier alpha value is -1.01. The highest BCUT2D eigenvalue weighted by molar-refractivity contribution is 9.10. The van der Waals surface area contributed by atoms with E-state index >= 15 is 0 Å². The minimum absolute atomic E-state index is 0.204. The maximum atomic E-state index is 6.00. The fraction of sp³-hybridized carbons (Fsp3) is 0.167. The van der Waals surface area contributed by atoms with Gasteiger partial charge in [0.1, 0.15) is 5.75 Å². The lowest BCUT2D eigenvalue weighted by Gasteiger charge is -2.16. The van der Waals surface area contributed by atoms with Crippen molar-refractivity contribution in [1.82, 2.24) is 5.43 Å². The Bertz CT molecular complexity index is 545.